The first-order valence-corrected chi connectivity index (χ1v) is 16.6. The van der Waals surface area contributed by atoms with Gasteiger partial charge in [-0.25, -0.2) is 0 Å². The summed E-state index contributed by atoms with van der Waals surface area (Å²) in [6.07, 6.45) is 36.0. The monoisotopic (exact) mass is 577 g/mol. The predicted molar refractivity (Wildman–Crippen MR) is 192 cm³/mol. The van der Waals surface area contributed by atoms with Crippen LogP contribution in [0.15, 0.2) is 93.7 Å². The Kier molecular flexibility index (Phi) is 23.1. The summed E-state index contributed by atoms with van der Waals surface area (Å²) in [4.78, 5) is 0. The molecule has 0 spiro atoms. The maximum atomic E-state index is 5.53. The van der Waals surface area contributed by atoms with E-state index in [0.29, 0.717) is 0 Å². The van der Waals surface area contributed by atoms with Crippen LogP contribution in [0.3, 0.4) is 0 Å². The molecule has 0 aliphatic rings. The summed E-state index contributed by atoms with van der Waals surface area (Å²) in [6.45, 7) is 22.3. The summed E-state index contributed by atoms with van der Waals surface area (Å²) in [5.74, 6) is 0. The first kappa shape index (κ1) is 39.9. The smallest absolute Gasteiger partial charge is 0.0622 e. The van der Waals surface area contributed by atoms with Gasteiger partial charge in [0, 0.05) is 7.11 Å². The first-order valence-electron chi connectivity index (χ1n) is 16.6. The minimum Gasteiger partial charge on any atom is -0.379 e. The quantitative estimate of drug-likeness (QED) is 0.0920. The van der Waals surface area contributed by atoms with Crippen LogP contribution in [-0.4, -0.2) is 12.7 Å². The Labute approximate surface area is 263 Å². The van der Waals surface area contributed by atoms with Gasteiger partial charge in [0.2, 0.25) is 0 Å². The van der Waals surface area contributed by atoms with E-state index in [1.807, 2.05) is 7.11 Å². The van der Waals surface area contributed by atoms with Gasteiger partial charge in [-0.2, -0.15) is 0 Å². The molecule has 0 atom stereocenters. The average molecular weight is 577 g/mol. The summed E-state index contributed by atoms with van der Waals surface area (Å²) < 4.78 is 5.53. The second-order valence-electron chi connectivity index (χ2n) is 13.4. The van der Waals surface area contributed by atoms with Gasteiger partial charge in [-0.15, -0.1) is 0 Å². The van der Waals surface area contributed by atoms with Crippen LogP contribution in [0.1, 0.15) is 153 Å². The van der Waals surface area contributed by atoms with E-state index in [9.17, 15) is 0 Å². The highest BCUT2D eigenvalue weighted by Crippen LogP contribution is 2.20. The molecule has 0 saturated carbocycles. The van der Waals surface area contributed by atoms with Crippen molar-refractivity contribution in [2.45, 2.75) is 158 Å². The lowest BCUT2D eigenvalue weighted by Crippen LogP contribution is -2.21. The third kappa shape index (κ3) is 25.6. The molecule has 0 fully saturated rings. The van der Waals surface area contributed by atoms with Crippen LogP contribution >= 0.6 is 0 Å². The molecular formula is C41H68O. The second-order valence-corrected chi connectivity index (χ2v) is 13.4. The summed E-state index contributed by atoms with van der Waals surface area (Å²) >= 11 is 0. The molecule has 0 unspecified atom stereocenters. The highest BCUT2D eigenvalue weighted by Gasteiger charge is 2.15. The Morgan fingerprint density at radius 1 is 0.476 bits per heavy atom. The summed E-state index contributed by atoms with van der Waals surface area (Å²) in [5, 5.41) is 0. The van der Waals surface area contributed by atoms with Gasteiger partial charge in [-0.1, -0.05) is 93.7 Å². The van der Waals surface area contributed by atoms with E-state index in [1.54, 1.807) is 0 Å². The van der Waals surface area contributed by atoms with Crippen molar-refractivity contribution in [3.05, 3.63) is 93.7 Å². The summed E-state index contributed by atoms with van der Waals surface area (Å²) in [6, 6.07) is 0. The normalized spacial score (nSPS) is 14.7. The SMILES string of the molecule is COC(C)(C)CCC/C(C)=C/CC/C(C)=C/CC/C(C)=C/C=C\C=C(/C)CC/C=C(\C)CC/C=C(\C)CCC=C(C)C. The number of methoxy groups -OCH3 is 1. The topological polar surface area (TPSA) is 9.23 Å². The molecule has 42 heavy (non-hydrogen) atoms. The minimum absolute atomic E-state index is 0.00299. The minimum atomic E-state index is -0.00299. The molecule has 0 amide bonds. The third-order valence-electron chi connectivity index (χ3n) is 7.99. The van der Waals surface area contributed by atoms with Crippen molar-refractivity contribution >= 4 is 0 Å². The van der Waals surface area contributed by atoms with Crippen LogP contribution in [0.25, 0.3) is 0 Å². The van der Waals surface area contributed by atoms with E-state index < -0.39 is 0 Å². The van der Waals surface area contributed by atoms with E-state index in [4.69, 9.17) is 4.74 Å². The molecule has 0 saturated heterocycles. The Balaban J connectivity index is 4.27. The molecule has 0 N–H and O–H groups in total. The Hall–Kier alpha value is -2.12. The van der Waals surface area contributed by atoms with Crippen molar-refractivity contribution in [1.82, 2.24) is 0 Å². The van der Waals surface area contributed by atoms with Gasteiger partial charge in [0.05, 0.1) is 5.60 Å². The fourth-order valence-corrected chi connectivity index (χ4v) is 4.68. The van der Waals surface area contributed by atoms with Gasteiger partial charge in [0.1, 0.15) is 0 Å². The molecule has 0 rings (SSSR count). The van der Waals surface area contributed by atoms with Gasteiger partial charge < -0.3 is 4.74 Å². The van der Waals surface area contributed by atoms with Crippen molar-refractivity contribution < 1.29 is 4.74 Å². The molecule has 0 aromatic carbocycles. The summed E-state index contributed by atoms with van der Waals surface area (Å²) in [5.41, 5.74) is 10.3. The van der Waals surface area contributed by atoms with Crippen LogP contribution in [0.4, 0.5) is 0 Å². The first-order chi connectivity index (χ1) is 19.8. The molecule has 0 aliphatic heterocycles. The molecule has 238 valence electrons. The van der Waals surface area contributed by atoms with Crippen molar-refractivity contribution in [1.29, 1.82) is 0 Å². The fourth-order valence-electron chi connectivity index (χ4n) is 4.68. The predicted octanol–water partition coefficient (Wildman–Crippen LogP) is 13.7. The van der Waals surface area contributed by atoms with Crippen molar-refractivity contribution in [2.24, 2.45) is 0 Å². The van der Waals surface area contributed by atoms with E-state index in [0.717, 1.165) is 51.4 Å². The number of hydrogen-bond donors (Lipinski definition) is 0. The molecule has 0 aromatic rings. The highest BCUT2D eigenvalue weighted by atomic mass is 16.5. The maximum Gasteiger partial charge on any atom is 0.0622 e. The van der Waals surface area contributed by atoms with Gasteiger partial charge >= 0.3 is 0 Å². The van der Waals surface area contributed by atoms with Gasteiger partial charge in [0.25, 0.3) is 0 Å². The average Bonchev–Trinajstić information content (AvgIpc) is 2.91. The van der Waals surface area contributed by atoms with Gasteiger partial charge in [0.15, 0.2) is 0 Å². The Bertz CT molecular complexity index is 980. The fraction of sp³-hybridized carbons (Fsp3) is 0.610. The van der Waals surface area contributed by atoms with Crippen LogP contribution in [-0.2, 0) is 4.74 Å². The summed E-state index contributed by atoms with van der Waals surface area (Å²) in [7, 11) is 1.81. The zero-order chi connectivity index (χ0) is 31.8. The Morgan fingerprint density at radius 2 is 0.810 bits per heavy atom. The zero-order valence-corrected chi connectivity index (χ0v) is 29.8. The third-order valence-corrected chi connectivity index (χ3v) is 7.99. The molecule has 0 radical (unpaired) electrons. The molecule has 1 nitrogen and oxygen atoms in total. The van der Waals surface area contributed by atoms with E-state index in [1.165, 1.54) is 71.1 Å². The Morgan fingerprint density at radius 3 is 1.17 bits per heavy atom. The second kappa shape index (κ2) is 24.3. The van der Waals surface area contributed by atoms with Gasteiger partial charge in [-0.05, 0) is 153 Å². The van der Waals surface area contributed by atoms with Crippen LogP contribution < -0.4 is 0 Å². The number of hydrogen-bond acceptors (Lipinski definition) is 1. The lowest BCUT2D eigenvalue weighted by molar-refractivity contribution is 0.0140. The van der Waals surface area contributed by atoms with Crippen LogP contribution in [0, 0.1) is 0 Å². The lowest BCUT2D eigenvalue weighted by Gasteiger charge is -2.22. The molecular weight excluding hydrogens is 508 g/mol. The highest BCUT2D eigenvalue weighted by molar-refractivity contribution is 5.19. The zero-order valence-electron chi connectivity index (χ0n) is 29.8. The maximum absolute atomic E-state index is 5.53. The van der Waals surface area contributed by atoms with Crippen molar-refractivity contribution in [3.8, 4) is 0 Å². The van der Waals surface area contributed by atoms with Crippen LogP contribution in [0.2, 0.25) is 0 Å². The van der Waals surface area contributed by atoms with Crippen LogP contribution in [0.5, 0.6) is 0 Å². The van der Waals surface area contributed by atoms with Crippen molar-refractivity contribution in [2.75, 3.05) is 7.11 Å². The number of allylic oxidation sites excluding steroid dienone is 16. The molecule has 1 heteroatoms. The molecule has 0 heterocycles. The van der Waals surface area contributed by atoms with E-state index >= 15 is 0 Å². The largest absolute Gasteiger partial charge is 0.379 e. The van der Waals surface area contributed by atoms with E-state index in [-0.39, 0.29) is 5.60 Å². The lowest BCUT2D eigenvalue weighted by atomic mass is 9.98. The standard InChI is InChI=1S/C41H68O/c1-34(2)20-14-23-37(5)26-17-29-38(6)27-15-24-35(3)21-12-13-22-36(4)25-16-28-39(7)30-18-31-40(8)32-19-33-41(9,10)42-11/h12-13,20-22,26-28,31H,14-19,23-25,29-30,32-33H2,1-11H3/b13-12-,35-21+,36-22+,37-26+,38-27+,39-28+,40-31+. The number of ether oxygens (including phenoxy) is 1. The molecule has 0 bridgehead atoms. The van der Waals surface area contributed by atoms with Gasteiger partial charge in [-0.3, -0.25) is 0 Å². The van der Waals surface area contributed by atoms with Crippen molar-refractivity contribution in [3.63, 3.8) is 0 Å². The molecule has 0 aromatic heterocycles. The molecule has 0 aliphatic carbocycles. The van der Waals surface area contributed by atoms with E-state index in [2.05, 4.69) is 124 Å². The number of rotatable bonds is 22.